The van der Waals surface area contributed by atoms with Gasteiger partial charge < -0.3 is 10.6 Å². The van der Waals surface area contributed by atoms with E-state index in [1.165, 1.54) is 38.5 Å². The smallest absolute Gasteiger partial charge is 0.166 e. The summed E-state index contributed by atoms with van der Waals surface area (Å²) in [5.74, 6) is 0.461. The maximum Gasteiger partial charge on any atom is 0.166 e. The van der Waals surface area contributed by atoms with E-state index in [1.807, 2.05) is 36.4 Å². The predicted molar refractivity (Wildman–Crippen MR) is 172 cm³/mol. The van der Waals surface area contributed by atoms with E-state index in [1.54, 1.807) is 0 Å². The van der Waals surface area contributed by atoms with Crippen LogP contribution in [0.3, 0.4) is 0 Å². The molecule has 0 amide bonds. The van der Waals surface area contributed by atoms with Crippen molar-refractivity contribution in [1.82, 2.24) is 9.97 Å². The molecule has 218 valence electrons. The van der Waals surface area contributed by atoms with E-state index >= 15 is 0 Å². The Morgan fingerprint density at radius 2 is 0.929 bits per heavy atom. The predicted octanol–water partition coefficient (Wildman–Crippen LogP) is 8.47. The minimum Gasteiger partial charge on any atom is -0.384 e. The van der Waals surface area contributed by atoms with Crippen LogP contribution in [0, 0.1) is 0 Å². The summed E-state index contributed by atoms with van der Waals surface area (Å²) < 4.78 is 0. The number of hydrogen-bond donors (Lipinski definition) is 2. The Morgan fingerprint density at radius 1 is 0.524 bits per heavy atom. The van der Waals surface area contributed by atoms with Crippen LogP contribution in [0.25, 0.3) is 21.8 Å². The van der Waals surface area contributed by atoms with Crippen molar-refractivity contribution in [1.29, 1.82) is 0 Å². The fourth-order valence-corrected chi connectivity index (χ4v) is 6.68. The Labute approximate surface area is 248 Å². The van der Waals surface area contributed by atoms with Gasteiger partial charge in [-0.05, 0) is 50.7 Å². The molecule has 2 aliphatic carbocycles. The Kier molecular flexibility index (Phi) is 9.07. The van der Waals surface area contributed by atoms with Crippen molar-refractivity contribution < 1.29 is 9.59 Å². The number of anilines is 2. The highest BCUT2D eigenvalue weighted by molar-refractivity contribution is 6.10. The van der Waals surface area contributed by atoms with Gasteiger partial charge in [0, 0.05) is 36.7 Å². The van der Waals surface area contributed by atoms with E-state index in [2.05, 4.69) is 22.8 Å². The van der Waals surface area contributed by atoms with Crippen LogP contribution in [-0.4, -0.2) is 34.6 Å². The number of carbonyl (C=O) groups excluding carboxylic acids is 2. The average Bonchev–Trinajstić information content (AvgIpc) is 3.01. The van der Waals surface area contributed by atoms with E-state index in [0.717, 1.165) is 107 Å². The Hall–Kier alpha value is -3.80. The summed E-state index contributed by atoms with van der Waals surface area (Å²) in [5, 5.41) is 9.37. The van der Waals surface area contributed by atoms with E-state index < -0.39 is 0 Å². The lowest BCUT2D eigenvalue weighted by atomic mass is 9.91. The molecule has 0 unspecified atom stereocenters. The molecule has 0 bridgehead atoms. The SMILES string of the molecule is O=C1CCCc2nc3ccccc3c(NCCCCCCCCCCNc3c4c(nc5ccccc35)CCCC4=O)c21. The molecule has 0 saturated heterocycles. The first kappa shape index (κ1) is 28.3. The Bertz CT molecular complexity index is 1480. The first-order valence-corrected chi connectivity index (χ1v) is 16.1. The van der Waals surface area contributed by atoms with Gasteiger partial charge in [-0.3, -0.25) is 19.6 Å². The second-order valence-electron chi connectivity index (χ2n) is 11.9. The molecule has 0 spiro atoms. The van der Waals surface area contributed by atoms with Crippen LogP contribution >= 0.6 is 0 Å². The third kappa shape index (κ3) is 6.18. The molecule has 2 N–H and O–H groups in total. The van der Waals surface area contributed by atoms with Crippen molar-refractivity contribution in [2.75, 3.05) is 23.7 Å². The number of unbranched alkanes of at least 4 members (excludes halogenated alkanes) is 7. The molecule has 0 fully saturated rings. The van der Waals surface area contributed by atoms with Gasteiger partial charge in [-0.2, -0.15) is 0 Å². The maximum atomic E-state index is 12.7. The van der Waals surface area contributed by atoms with Gasteiger partial charge in [0.25, 0.3) is 0 Å². The molecule has 2 aromatic carbocycles. The normalized spacial score (nSPS) is 14.7. The first-order valence-electron chi connectivity index (χ1n) is 16.1. The quantitative estimate of drug-likeness (QED) is 0.159. The number of rotatable bonds is 13. The van der Waals surface area contributed by atoms with Crippen molar-refractivity contribution in [2.24, 2.45) is 0 Å². The van der Waals surface area contributed by atoms with Gasteiger partial charge >= 0.3 is 0 Å². The Morgan fingerprint density at radius 3 is 1.38 bits per heavy atom. The number of aromatic nitrogens is 2. The number of fused-ring (bicyclic) bond motifs is 4. The molecular weight excluding hydrogens is 520 g/mol. The largest absolute Gasteiger partial charge is 0.384 e. The average molecular weight is 563 g/mol. The molecule has 4 aromatic rings. The second kappa shape index (κ2) is 13.5. The number of ketones is 2. The number of hydrogen-bond acceptors (Lipinski definition) is 6. The summed E-state index contributed by atoms with van der Waals surface area (Å²) >= 11 is 0. The van der Waals surface area contributed by atoms with Gasteiger partial charge in [0.1, 0.15) is 0 Å². The van der Waals surface area contributed by atoms with Crippen LogP contribution < -0.4 is 10.6 Å². The van der Waals surface area contributed by atoms with Crippen LogP contribution in [-0.2, 0) is 12.8 Å². The standard InChI is InChI=1S/C36H42N4O2/c41-31-21-13-19-29-33(31)35(25-15-7-9-17-27(25)39-29)37-23-11-5-3-1-2-4-6-12-24-38-36-26-16-8-10-18-28(26)40-30-20-14-22-32(42)34(30)36/h7-10,15-18H,1-6,11-14,19-24H2,(H,37,39)(H,38,40). The summed E-state index contributed by atoms with van der Waals surface area (Å²) in [4.78, 5) is 35.1. The Balaban J connectivity index is 0.905. The van der Waals surface area contributed by atoms with Crippen LogP contribution in [0.5, 0.6) is 0 Å². The molecule has 0 radical (unpaired) electrons. The summed E-state index contributed by atoms with van der Waals surface area (Å²) in [6.07, 6.45) is 14.4. The third-order valence-electron chi connectivity index (χ3n) is 8.83. The van der Waals surface area contributed by atoms with Crippen LogP contribution in [0.2, 0.25) is 0 Å². The minimum absolute atomic E-state index is 0.231. The van der Waals surface area contributed by atoms with Gasteiger partial charge in [0.05, 0.1) is 44.9 Å². The lowest BCUT2D eigenvalue weighted by molar-refractivity contribution is 0.0964. The molecule has 0 aliphatic heterocycles. The fraction of sp³-hybridized carbons (Fsp3) is 0.444. The van der Waals surface area contributed by atoms with Gasteiger partial charge in [-0.25, -0.2) is 0 Å². The third-order valence-corrected chi connectivity index (χ3v) is 8.83. The van der Waals surface area contributed by atoms with Crippen molar-refractivity contribution >= 4 is 44.7 Å². The monoisotopic (exact) mass is 562 g/mol. The molecule has 2 heterocycles. The van der Waals surface area contributed by atoms with Crippen LogP contribution in [0.15, 0.2) is 48.5 Å². The van der Waals surface area contributed by atoms with Gasteiger partial charge in [-0.1, -0.05) is 74.9 Å². The molecule has 2 aromatic heterocycles. The highest BCUT2D eigenvalue weighted by atomic mass is 16.1. The number of aryl methyl sites for hydroxylation is 2. The van der Waals surface area contributed by atoms with Crippen molar-refractivity contribution in [3.8, 4) is 0 Å². The zero-order chi connectivity index (χ0) is 28.7. The molecule has 42 heavy (non-hydrogen) atoms. The van der Waals surface area contributed by atoms with E-state index in [9.17, 15) is 9.59 Å². The van der Waals surface area contributed by atoms with Crippen LogP contribution in [0.1, 0.15) is 109 Å². The fourth-order valence-electron chi connectivity index (χ4n) is 6.68. The number of para-hydroxylation sites is 2. The van der Waals surface area contributed by atoms with Crippen molar-refractivity contribution in [3.05, 3.63) is 71.0 Å². The number of carbonyl (C=O) groups is 2. The first-order chi connectivity index (χ1) is 20.7. The van der Waals surface area contributed by atoms with E-state index in [4.69, 9.17) is 9.97 Å². The zero-order valence-electron chi connectivity index (χ0n) is 24.6. The van der Waals surface area contributed by atoms with Gasteiger partial charge in [0.15, 0.2) is 11.6 Å². The topological polar surface area (TPSA) is 84.0 Å². The molecule has 6 nitrogen and oxygen atoms in total. The van der Waals surface area contributed by atoms with Crippen molar-refractivity contribution in [3.63, 3.8) is 0 Å². The molecule has 0 atom stereocenters. The highest BCUT2D eigenvalue weighted by Crippen LogP contribution is 2.34. The van der Waals surface area contributed by atoms with Crippen LogP contribution in [0.4, 0.5) is 11.4 Å². The number of pyridine rings is 2. The minimum atomic E-state index is 0.231. The number of nitrogens with zero attached hydrogens (tertiary/aromatic N) is 2. The van der Waals surface area contributed by atoms with Gasteiger partial charge in [-0.15, -0.1) is 0 Å². The highest BCUT2D eigenvalue weighted by Gasteiger charge is 2.25. The van der Waals surface area contributed by atoms with E-state index in [-0.39, 0.29) is 11.6 Å². The van der Waals surface area contributed by atoms with Crippen molar-refractivity contribution in [2.45, 2.75) is 89.9 Å². The number of nitrogens with one attached hydrogen (secondary N) is 2. The summed E-state index contributed by atoms with van der Waals surface area (Å²) in [7, 11) is 0. The molecule has 6 heteroatoms. The zero-order valence-corrected chi connectivity index (χ0v) is 24.6. The van der Waals surface area contributed by atoms with E-state index in [0.29, 0.717) is 12.8 Å². The second-order valence-corrected chi connectivity index (χ2v) is 11.9. The molecule has 6 rings (SSSR count). The summed E-state index contributed by atoms with van der Waals surface area (Å²) in [6.45, 7) is 1.77. The maximum absolute atomic E-state index is 12.7. The lowest BCUT2D eigenvalue weighted by Crippen LogP contribution is -2.17. The summed E-state index contributed by atoms with van der Waals surface area (Å²) in [5.41, 5.74) is 7.54. The molecular formula is C36H42N4O2. The number of Topliss-reactive ketones (excluding diaryl/α,β-unsaturated/α-hetero) is 2. The van der Waals surface area contributed by atoms with Gasteiger partial charge in [0.2, 0.25) is 0 Å². The molecule has 0 saturated carbocycles. The number of benzene rings is 2. The lowest BCUT2D eigenvalue weighted by Gasteiger charge is -2.21. The summed E-state index contributed by atoms with van der Waals surface area (Å²) in [6, 6.07) is 16.3. The molecule has 2 aliphatic rings.